The summed E-state index contributed by atoms with van der Waals surface area (Å²) in [4.78, 5) is -0.0931. The molecule has 0 aliphatic heterocycles. The summed E-state index contributed by atoms with van der Waals surface area (Å²) in [6.07, 6.45) is 0.293. The molecule has 3 heteroatoms. The molecule has 0 amide bonds. The van der Waals surface area contributed by atoms with Crippen molar-refractivity contribution in [2.75, 3.05) is 0 Å². The summed E-state index contributed by atoms with van der Waals surface area (Å²) in [6, 6.07) is 11.9. The van der Waals surface area contributed by atoms with Crippen LogP contribution in [-0.4, -0.2) is 0 Å². The van der Waals surface area contributed by atoms with Gasteiger partial charge in [-0.15, -0.1) is 0 Å². The molecule has 2 aromatic rings. The number of benzene rings is 2. The number of hydrogen-bond acceptors (Lipinski definition) is 0. The quantitative estimate of drug-likeness (QED) is 0.703. The molecule has 2 aromatic carbocycles. The average Bonchev–Trinajstić information content (AvgIpc) is 2.34. The number of rotatable bonds is 3. The first kappa shape index (κ1) is 13.2. The summed E-state index contributed by atoms with van der Waals surface area (Å²) in [5, 5.41) is 0. The first-order chi connectivity index (χ1) is 8.58. The minimum absolute atomic E-state index is 0.0931. The van der Waals surface area contributed by atoms with Crippen molar-refractivity contribution in [3.63, 3.8) is 0 Å². The largest absolute Gasteiger partial charge is 0.207 e. The second-order valence-electron chi connectivity index (χ2n) is 4.28. The highest BCUT2D eigenvalue weighted by Crippen LogP contribution is 2.29. The van der Waals surface area contributed by atoms with Crippen molar-refractivity contribution in [1.82, 2.24) is 0 Å². The number of halogens is 3. The van der Waals surface area contributed by atoms with Crippen LogP contribution in [0, 0.1) is 18.6 Å². The molecule has 0 N–H and O–H groups in total. The van der Waals surface area contributed by atoms with Crippen LogP contribution in [0.4, 0.5) is 8.78 Å². The maximum absolute atomic E-state index is 13.5. The third-order valence-corrected chi connectivity index (χ3v) is 3.74. The summed E-state index contributed by atoms with van der Waals surface area (Å²) in [7, 11) is 0. The van der Waals surface area contributed by atoms with Crippen LogP contribution in [0.3, 0.4) is 0 Å². The van der Waals surface area contributed by atoms with Gasteiger partial charge in [0, 0.05) is 10.4 Å². The lowest BCUT2D eigenvalue weighted by atomic mass is 10.0. The normalized spacial score (nSPS) is 12.4. The molecule has 0 nitrogen and oxygen atoms in total. The minimum Gasteiger partial charge on any atom is -0.207 e. The number of aryl methyl sites for hydroxylation is 1. The van der Waals surface area contributed by atoms with Gasteiger partial charge in [-0.05, 0) is 31.0 Å². The Morgan fingerprint density at radius 2 is 1.56 bits per heavy atom. The first-order valence-electron chi connectivity index (χ1n) is 5.71. The van der Waals surface area contributed by atoms with Crippen molar-refractivity contribution >= 4 is 15.9 Å². The van der Waals surface area contributed by atoms with E-state index in [0.717, 1.165) is 11.1 Å². The molecule has 0 saturated heterocycles. The van der Waals surface area contributed by atoms with Crippen LogP contribution in [0.5, 0.6) is 0 Å². The van der Waals surface area contributed by atoms with Gasteiger partial charge >= 0.3 is 0 Å². The van der Waals surface area contributed by atoms with E-state index in [2.05, 4.69) is 15.9 Å². The van der Waals surface area contributed by atoms with Crippen molar-refractivity contribution in [2.24, 2.45) is 0 Å². The van der Waals surface area contributed by atoms with Gasteiger partial charge in [0.25, 0.3) is 0 Å². The Morgan fingerprint density at radius 1 is 1.00 bits per heavy atom. The Balaban J connectivity index is 2.21. The van der Waals surface area contributed by atoms with Crippen LogP contribution in [0.15, 0.2) is 42.5 Å². The van der Waals surface area contributed by atoms with E-state index in [1.807, 2.05) is 31.2 Å². The zero-order valence-corrected chi connectivity index (χ0v) is 11.5. The second kappa shape index (κ2) is 5.61. The van der Waals surface area contributed by atoms with E-state index in [0.29, 0.717) is 6.42 Å². The predicted octanol–water partition coefficient (Wildman–Crippen LogP) is 4.95. The Bertz CT molecular complexity index is 514. The van der Waals surface area contributed by atoms with E-state index in [4.69, 9.17) is 0 Å². The molecule has 1 unspecified atom stereocenters. The van der Waals surface area contributed by atoms with Crippen molar-refractivity contribution in [3.05, 3.63) is 70.8 Å². The molecule has 0 spiro atoms. The van der Waals surface area contributed by atoms with Crippen molar-refractivity contribution in [3.8, 4) is 0 Å². The van der Waals surface area contributed by atoms with Crippen molar-refractivity contribution in [2.45, 2.75) is 18.2 Å². The van der Waals surface area contributed by atoms with E-state index in [1.54, 1.807) is 0 Å². The third-order valence-electron chi connectivity index (χ3n) is 2.88. The number of alkyl halides is 1. The fourth-order valence-electron chi connectivity index (χ4n) is 1.80. The Hall–Kier alpha value is -1.22. The number of hydrogen-bond donors (Lipinski definition) is 0. The van der Waals surface area contributed by atoms with Crippen LogP contribution < -0.4 is 0 Å². The van der Waals surface area contributed by atoms with E-state index < -0.39 is 11.6 Å². The fourth-order valence-corrected chi connectivity index (χ4v) is 2.43. The molecule has 1 atom stereocenters. The highest BCUT2D eigenvalue weighted by atomic mass is 79.9. The second-order valence-corrected chi connectivity index (χ2v) is 5.39. The molecule has 2 rings (SSSR count). The molecule has 94 valence electrons. The van der Waals surface area contributed by atoms with Crippen LogP contribution in [0.25, 0.3) is 0 Å². The van der Waals surface area contributed by atoms with E-state index in [1.165, 1.54) is 18.2 Å². The monoisotopic (exact) mass is 310 g/mol. The molecule has 0 saturated carbocycles. The first-order valence-corrected chi connectivity index (χ1v) is 6.63. The summed E-state index contributed by atoms with van der Waals surface area (Å²) in [5.74, 6) is -0.988. The molecule has 18 heavy (non-hydrogen) atoms. The van der Waals surface area contributed by atoms with Crippen LogP contribution in [0.2, 0.25) is 0 Å². The lowest BCUT2D eigenvalue weighted by Crippen LogP contribution is -2.01. The molecule has 0 bridgehead atoms. The minimum atomic E-state index is -0.494. The molecule has 0 aliphatic carbocycles. The lowest BCUT2D eigenvalue weighted by molar-refractivity contribution is 0.554. The maximum Gasteiger partial charge on any atom is 0.129 e. The maximum atomic E-state index is 13.5. The molecule has 0 radical (unpaired) electrons. The molecule has 0 heterocycles. The topological polar surface area (TPSA) is 0 Å². The van der Waals surface area contributed by atoms with Gasteiger partial charge in [0.1, 0.15) is 11.6 Å². The van der Waals surface area contributed by atoms with Crippen molar-refractivity contribution in [1.29, 1.82) is 0 Å². The van der Waals surface area contributed by atoms with Gasteiger partial charge in [-0.2, -0.15) is 0 Å². The van der Waals surface area contributed by atoms with E-state index in [9.17, 15) is 8.78 Å². The highest BCUT2D eigenvalue weighted by Gasteiger charge is 2.14. The molecule has 0 fully saturated rings. The van der Waals surface area contributed by atoms with Crippen LogP contribution in [0.1, 0.15) is 21.5 Å². The van der Waals surface area contributed by atoms with Crippen molar-refractivity contribution < 1.29 is 8.78 Å². The van der Waals surface area contributed by atoms with Gasteiger partial charge in [-0.25, -0.2) is 8.78 Å². The predicted molar refractivity (Wildman–Crippen MR) is 72.9 cm³/mol. The Labute approximate surface area is 114 Å². The van der Waals surface area contributed by atoms with Gasteiger partial charge in [0.05, 0.1) is 0 Å². The standard InChI is InChI=1S/C15H13BrF2/c1-10-5-7-11(8-6-10)13(16)9-12-14(17)3-2-4-15(12)18/h2-8,13H,9H2,1H3. The van der Waals surface area contributed by atoms with Crippen LogP contribution >= 0.6 is 15.9 Å². The average molecular weight is 311 g/mol. The summed E-state index contributed by atoms with van der Waals surface area (Å²) < 4.78 is 27.1. The highest BCUT2D eigenvalue weighted by molar-refractivity contribution is 9.09. The van der Waals surface area contributed by atoms with Crippen LogP contribution in [-0.2, 0) is 6.42 Å². The van der Waals surface area contributed by atoms with Gasteiger partial charge in [-0.3, -0.25) is 0 Å². The smallest absolute Gasteiger partial charge is 0.129 e. The van der Waals surface area contributed by atoms with Gasteiger partial charge in [0.2, 0.25) is 0 Å². The summed E-state index contributed by atoms with van der Waals surface area (Å²) >= 11 is 3.48. The molecule has 0 aromatic heterocycles. The Kier molecular flexibility index (Phi) is 4.12. The fraction of sp³-hybridized carbons (Fsp3) is 0.200. The van der Waals surface area contributed by atoms with E-state index >= 15 is 0 Å². The van der Waals surface area contributed by atoms with Gasteiger partial charge in [-0.1, -0.05) is 51.8 Å². The molecular formula is C15H13BrF2. The summed E-state index contributed by atoms with van der Waals surface area (Å²) in [5.41, 5.74) is 2.30. The summed E-state index contributed by atoms with van der Waals surface area (Å²) in [6.45, 7) is 2.00. The van der Waals surface area contributed by atoms with E-state index in [-0.39, 0.29) is 10.4 Å². The van der Waals surface area contributed by atoms with Gasteiger partial charge in [0.15, 0.2) is 0 Å². The molecule has 0 aliphatic rings. The zero-order valence-electron chi connectivity index (χ0n) is 9.96. The van der Waals surface area contributed by atoms with Gasteiger partial charge < -0.3 is 0 Å². The Morgan fingerprint density at radius 3 is 2.11 bits per heavy atom. The lowest BCUT2D eigenvalue weighted by Gasteiger charge is -2.12. The zero-order chi connectivity index (χ0) is 13.1. The molecular weight excluding hydrogens is 298 g/mol. The SMILES string of the molecule is Cc1ccc(C(Br)Cc2c(F)cccc2F)cc1. The third kappa shape index (κ3) is 2.96.